The van der Waals surface area contributed by atoms with Gasteiger partial charge in [-0.15, -0.1) is 5.10 Å². The summed E-state index contributed by atoms with van der Waals surface area (Å²) in [5, 5.41) is 8.31. The van der Waals surface area contributed by atoms with E-state index in [1.807, 2.05) is 9.58 Å². The van der Waals surface area contributed by atoms with E-state index < -0.39 is 0 Å². The van der Waals surface area contributed by atoms with Gasteiger partial charge in [0.05, 0.1) is 30.6 Å². The van der Waals surface area contributed by atoms with Crippen molar-refractivity contribution in [3.05, 3.63) is 41.7 Å². The topological polar surface area (TPSA) is 63.5 Å². The Balaban J connectivity index is 1.27. The van der Waals surface area contributed by atoms with Gasteiger partial charge in [0.1, 0.15) is 0 Å². The Labute approximate surface area is 152 Å². The van der Waals surface area contributed by atoms with Crippen LogP contribution in [0, 0.1) is 0 Å². The van der Waals surface area contributed by atoms with Crippen LogP contribution < -0.4 is 4.90 Å². The van der Waals surface area contributed by atoms with E-state index in [2.05, 4.69) is 39.5 Å². The largest absolute Gasteiger partial charge is 0.370 e. The molecule has 0 saturated carbocycles. The number of fused-ring (bicyclic) bond motifs is 3. The number of aromatic nitrogens is 3. The summed E-state index contributed by atoms with van der Waals surface area (Å²) in [6.07, 6.45) is 4.69. The first kappa shape index (κ1) is 16.0. The molecule has 0 spiro atoms. The van der Waals surface area contributed by atoms with E-state index in [1.54, 1.807) is 6.20 Å². The van der Waals surface area contributed by atoms with Gasteiger partial charge in [0.2, 0.25) is 5.91 Å². The van der Waals surface area contributed by atoms with Gasteiger partial charge < -0.3 is 9.64 Å². The zero-order valence-electron chi connectivity index (χ0n) is 14.8. The molecule has 4 heterocycles. The van der Waals surface area contributed by atoms with Crippen molar-refractivity contribution in [2.75, 3.05) is 24.5 Å². The fraction of sp³-hybridized carbons (Fsp3) is 0.526. The van der Waals surface area contributed by atoms with Crippen LogP contribution in [0.3, 0.4) is 0 Å². The molecular weight excluding hydrogens is 330 g/mol. The average molecular weight is 353 g/mol. The van der Waals surface area contributed by atoms with Gasteiger partial charge in [0.15, 0.2) is 0 Å². The number of hydrogen-bond acceptors (Lipinski definition) is 5. The molecule has 0 bridgehead atoms. The SMILES string of the molecule is O=C1CCCN1c1ccc(CN2CC[C@H]3OCc4cnnn4[C@H]3C2)cc1. The second-order valence-electron chi connectivity index (χ2n) is 7.43. The van der Waals surface area contributed by atoms with E-state index in [-0.39, 0.29) is 18.1 Å². The molecule has 3 aliphatic heterocycles. The number of carbonyl (C=O) groups excluding carboxylic acids is 1. The second kappa shape index (κ2) is 6.48. The molecule has 2 atom stereocenters. The zero-order valence-corrected chi connectivity index (χ0v) is 14.8. The fourth-order valence-corrected chi connectivity index (χ4v) is 4.35. The van der Waals surface area contributed by atoms with Crippen LogP contribution in [-0.4, -0.2) is 51.5 Å². The summed E-state index contributed by atoms with van der Waals surface area (Å²) in [7, 11) is 0. The third kappa shape index (κ3) is 2.81. The van der Waals surface area contributed by atoms with Gasteiger partial charge >= 0.3 is 0 Å². The number of nitrogens with zero attached hydrogens (tertiary/aromatic N) is 5. The number of amides is 1. The maximum absolute atomic E-state index is 11.9. The number of rotatable bonds is 3. The highest BCUT2D eigenvalue weighted by Crippen LogP contribution is 2.31. The van der Waals surface area contributed by atoms with Gasteiger partial charge in [0.25, 0.3) is 0 Å². The smallest absolute Gasteiger partial charge is 0.227 e. The number of likely N-dealkylation sites (tertiary alicyclic amines) is 1. The van der Waals surface area contributed by atoms with Gasteiger partial charge in [-0.05, 0) is 30.5 Å². The highest BCUT2D eigenvalue weighted by molar-refractivity contribution is 5.95. The maximum Gasteiger partial charge on any atom is 0.227 e. The van der Waals surface area contributed by atoms with Gasteiger partial charge in [-0.3, -0.25) is 9.69 Å². The van der Waals surface area contributed by atoms with E-state index in [1.165, 1.54) is 5.56 Å². The summed E-state index contributed by atoms with van der Waals surface area (Å²) in [5.41, 5.74) is 3.35. The molecule has 0 radical (unpaired) electrons. The Hall–Kier alpha value is -2.25. The Bertz CT molecular complexity index is 803. The summed E-state index contributed by atoms with van der Waals surface area (Å²) in [5.74, 6) is 0.237. The number of anilines is 1. The third-order valence-electron chi connectivity index (χ3n) is 5.74. The van der Waals surface area contributed by atoms with Crippen LogP contribution in [0.5, 0.6) is 0 Å². The number of hydrogen-bond donors (Lipinski definition) is 0. The first-order chi connectivity index (χ1) is 12.8. The van der Waals surface area contributed by atoms with Crippen LogP contribution in [0.25, 0.3) is 0 Å². The van der Waals surface area contributed by atoms with E-state index in [4.69, 9.17) is 4.74 Å². The molecule has 1 amide bonds. The molecule has 2 aromatic rings. The molecule has 7 nitrogen and oxygen atoms in total. The Morgan fingerprint density at radius 1 is 1.19 bits per heavy atom. The Morgan fingerprint density at radius 2 is 2.08 bits per heavy atom. The molecule has 7 heteroatoms. The fourth-order valence-electron chi connectivity index (χ4n) is 4.35. The third-order valence-corrected chi connectivity index (χ3v) is 5.74. The lowest BCUT2D eigenvalue weighted by Crippen LogP contribution is -2.47. The lowest BCUT2D eigenvalue weighted by Gasteiger charge is -2.41. The van der Waals surface area contributed by atoms with Gasteiger partial charge in [0, 0.05) is 38.3 Å². The van der Waals surface area contributed by atoms with Crippen molar-refractivity contribution in [3.8, 4) is 0 Å². The van der Waals surface area contributed by atoms with Crippen LogP contribution in [0.4, 0.5) is 5.69 Å². The van der Waals surface area contributed by atoms with Crippen molar-refractivity contribution in [2.45, 2.75) is 44.6 Å². The molecule has 0 aliphatic carbocycles. The summed E-state index contributed by atoms with van der Waals surface area (Å²) in [4.78, 5) is 16.2. The predicted molar refractivity (Wildman–Crippen MR) is 95.6 cm³/mol. The van der Waals surface area contributed by atoms with Crippen molar-refractivity contribution >= 4 is 11.6 Å². The van der Waals surface area contributed by atoms with Crippen LogP contribution in [0.2, 0.25) is 0 Å². The molecule has 1 aromatic carbocycles. The number of benzene rings is 1. The van der Waals surface area contributed by atoms with E-state index in [0.717, 1.165) is 50.4 Å². The molecular formula is C19H23N5O2. The van der Waals surface area contributed by atoms with Crippen molar-refractivity contribution in [1.29, 1.82) is 0 Å². The minimum atomic E-state index is 0.237. The lowest BCUT2D eigenvalue weighted by molar-refractivity contribution is -0.117. The predicted octanol–water partition coefficient (Wildman–Crippen LogP) is 1.75. The first-order valence-corrected chi connectivity index (χ1v) is 9.40. The normalized spacial score (nSPS) is 26.0. The van der Waals surface area contributed by atoms with E-state index in [9.17, 15) is 4.79 Å². The highest BCUT2D eigenvalue weighted by atomic mass is 16.5. The summed E-state index contributed by atoms with van der Waals surface area (Å²) in [6.45, 7) is 4.31. The van der Waals surface area contributed by atoms with Crippen molar-refractivity contribution < 1.29 is 9.53 Å². The Morgan fingerprint density at radius 3 is 2.88 bits per heavy atom. The van der Waals surface area contributed by atoms with Crippen molar-refractivity contribution in [1.82, 2.24) is 19.9 Å². The van der Waals surface area contributed by atoms with Crippen molar-refractivity contribution in [2.24, 2.45) is 0 Å². The minimum Gasteiger partial charge on any atom is -0.370 e. The standard InChI is InChI=1S/C19H23N5O2/c25-19-2-1-8-23(19)15-5-3-14(4-6-15)11-22-9-7-18-17(12-22)24-16(13-26-18)10-20-21-24/h3-6,10,17-18H,1-2,7-9,11-13H2/t17-,18+/m0/s1. The molecule has 5 rings (SSSR count). The zero-order chi connectivity index (χ0) is 17.5. The molecule has 2 saturated heterocycles. The van der Waals surface area contributed by atoms with Gasteiger partial charge in [-0.2, -0.15) is 0 Å². The summed E-state index contributed by atoms with van der Waals surface area (Å²) in [6, 6.07) is 8.68. The monoisotopic (exact) mass is 353 g/mol. The van der Waals surface area contributed by atoms with Crippen LogP contribution in [0.15, 0.2) is 30.5 Å². The van der Waals surface area contributed by atoms with E-state index >= 15 is 0 Å². The highest BCUT2D eigenvalue weighted by Gasteiger charge is 2.36. The Kier molecular flexibility index (Phi) is 3.98. The average Bonchev–Trinajstić information content (AvgIpc) is 3.31. The molecule has 2 fully saturated rings. The number of ether oxygens (including phenoxy) is 1. The van der Waals surface area contributed by atoms with Gasteiger partial charge in [-0.25, -0.2) is 4.68 Å². The molecule has 1 aromatic heterocycles. The minimum absolute atomic E-state index is 0.237. The maximum atomic E-state index is 11.9. The molecule has 0 unspecified atom stereocenters. The van der Waals surface area contributed by atoms with Crippen LogP contribution >= 0.6 is 0 Å². The molecule has 136 valence electrons. The van der Waals surface area contributed by atoms with Crippen molar-refractivity contribution in [3.63, 3.8) is 0 Å². The summed E-state index contributed by atoms with van der Waals surface area (Å²) >= 11 is 0. The second-order valence-corrected chi connectivity index (χ2v) is 7.43. The van der Waals surface area contributed by atoms with Gasteiger partial charge in [-0.1, -0.05) is 17.3 Å². The molecule has 0 N–H and O–H groups in total. The van der Waals surface area contributed by atoms with E-state index in [0.29, 0.717) is 13.0 Å². The summed E-state index contributed by atoms with van der Waals surface area (Å²) < 4.78 is 8.03. The molecule has 3 aliphatic rings. The van der Waals surface area contributed by atoms with Crippen LogP contribution in [0.1, 0.15) is 36.6 Å². The number of carbonyl (C=O) groups is 1. The number of piperidine rings is 1. The lowest BCUT2D eigenvalue weighted by atomic mass is 10.00. The molecule has 26 heavy (non-hydrogen) atoms. The first-order valence-electron chi connectivity index (χ1n) is 9.40. The quantitative estimate of drug-likeness (QED) is 0.841. The van der Waals surface area contributed by atoms with Crippen LogP contribution in [-0.2, 0) is 22.7 Å².